The van der Waals surface area contributed by atoms with Crippen LogP contribution in [-0.2, 0) is 11.2 Å². The average Bonchev–Trinajstić information content (AvgIpc) is 2.74. The van der Waals surface area contributed by atoms with Crippen LogP contribution < -0.4 is 0 Å². The van der Waals surface area contributed by atoms with Gasteiger partial charge in [-0.05, 0) is 17.9 Å². The van der Waals surface area contributed by atoms with Crippen LogP contribution >= 0.6 is 11.3 Å². The Labute approximate surface area is 106 Å². The molecule has 4 heteroatoms. The highest BCUT2D eigenvalue weighted by molar-refractivity contribution is 7.10. The van der Waals surface area contributed by atoms with E-state index in [0.29, 0.717) is 25.9 Å². The molecule has 1 aromatic rings. The second-order valence-electron chi connectivity index (χ2n) is 5.36. The van der Waals surface area contributed by atoms with Gasteiger partial charge in [-0.2, -0.15) is 0 Å². The minimum absolute atomic E-state index is 0.174. The van der Waals surface area contributed by atoms with Crippen LogP contribution in [0.5, 0.6) is 0 Å². The minimum Gasteiger partial charge on any atom is -0.392 e. The van der Waals surface area contributed by atoms with E-state index in [9.17, 15) is 9.90 Å². The minimum atomic E-state index is -0.298. The van der Waals surface area contributed by atoms with Gasteiger partial charge in [0.1, 0.15) is 0 Å². The Balaban J connectivity index is 1.97. The Kier molecular flexibility index (Phi) is 3.54. The Hall–Kier alpha value is -0.870. The number of piperidine rings is 1. The molecule has 1 aliphatic rings. The molecule has 2 heterocycles. The molecule has 1 atom stereocenters. The molecule has 1 saturated heterocycles. The van der Waals surface area contributed by atoms with Crippen LogP contribution in [-0.4, -0.2) is 35.1 Å². The monoisotopic (exact) mass is 253 g/mol. The molecule has 94 valence electrons. The van der Waals surface area contributed by atoms with E-state index in [-0.39, 0.29) is 17.4 Å². The van der Waals surface area contributed by atoms with E-state index in [4.69, 9.17) is 0 Å². The first-order chi connectivity index (χ1) is 7.99. The molecule has 1 unspecified atom stereocenters. The lowest BCUT2D eigenvalue weighted by molar-refractivity contribution is -0.137. The van der Waals surface area contributed by atoms with E-state index in [0.717, 1.165) is 4.88 Å². The zero-order valence-corrected chi connectivity index (χ0v) is 11.2. The molecule has 0 saturated carbocycles. The van der Waals surface area contributed by atoms with E-state index in [1.165, 1.54) is 0 Å². The van der Waals surface area contributed by atoms with Gasteiger partial charge >= 0.3 is 0 Å². The summed E-state index contributed by atoms with van der Waals surface area (Å²) in [4.78, 5) is 15.1. The molecule has 1 fully saturated rings. The summed E-state index contributed by atoms with van der Waals surface area (Å²) >= 11 is 1.62. The Bertz CT molecular complexity index is 386. The fourth-order valence-corrected chi connectivity index (χ4v) is 2.93. The lowest BCUT2D eigenvalue weighted by Crippen LogP contribution is -2.51. The van der Waals surface area contributed by atoms with Crippen molar-refractivity contribution in [2.45, 2.75) is 32.8 Å². The fourth-order valence-electron chi connectivity index (χ4n) is 2.23. The highest BCUT2D eigenvalue weighted by atomic mass is 32.1. The molecule has 1 aliphatic heterocycles. The second kappa shape index (κ2) is 4.78. The predicted octanol–water partition coefficient (Wildman–Crippen LogP) is 1.91. The Morgan fingerprint density at radius 2 is 2.41 bits per heavy atom. The second-order valence-corrected chi connectivity index (χ2v) is 6.40. The molecule has 0 bridgehead atoms. The van der Waals surface area contributed by atoms with E-state index >= 15 is 0 Å². The average molecular weight is 253 g/mol. The first-order valence-electron chi connectivity index (χ1n) is 5.97. The Morgan fingerprint density at radius 3 is 3.00 bits per heavy atom. The number of rotatable bonds is 2. The van der Waals surface area contributed by atoms with Gasteiger partial charge in [0.25, 0.3) is 0 Å². The lowest BCUT2D eigenvalue weighted by atomic mass is 9.81. The van der Waals surface area contributed by atoms with Crippen LogP contribution in [0.2, 0.25) is 0 Å². The molecular formula is C13H19NO2S. The summed E-state index contributed by atoms with van der Waals surface area (Å²) in [5.74, 6) is 0.174. The number of carbonyl (C=O) groups excluding carboxylic acids is 1. The molecule has 0 radical (unpaired) electrons. The summed E-state index contributed by atoms with van der Waals surface area (Å²) in [5.41, 5.74) is -0.191. The molecule has 0 aromatic carbocycles. The topological polar surface area (TPSA) is 40.5 Å². The summed E-state index contributed by atoms with van der Waals surface area (Å²) in [7, 11) is 0. The maximum absolute atomic E-state index is 12.1. The standard InChI is InChI=1S/C13H19NO2S/c1-13(2)9-14(6-5-11(13)15)12(16)8-10-4-3-7-17-10/h3-4,7,11,15H,5-6,8-9H2,1-2H3. The van der Waals surface area contributed by atoms with E-state index < -0.39 is 0 Å². The van der Waals surface area contributed by atoms with Crippen molar-refractivity contribution in [3.8, 4) is 0 Å². The van der Waals surface area contributed by atoms with E-state index in [1.54, 1.807) is 11.3 Å². The van der Waals surface area contributed by atoms with Crippen molar-refractivity contribution < 1.29 is 9.90 Å². The summed E-state index contributed by atoms with van der Waals surface area (Å²) in [5, 5.41) is 11.8. The Morgan fingerprint density at radius 1 is 1.65 bits per heavy atom. The van der Waals surface area contributed by atoms with Crippen LogP contribution in [0.3, 0.4) is 0 Å². The lowest BCUT2D eigenvalue weighted by Gasteiger charge is -2.41. The van der Waals surface area contributed by atoms with Gasteiger partial charge < -0.3 is 10.0 Å². The van der Waals surface area contributed by atoms with Gasteiger partial charge in [-0.25, -0.2) is 0 Å². The number of nitrogens with zero attached hydrogens (tertiary/aromatic N) is 1. The molecule has 3 nitrogen and oxygen atoms in total. The number of aliphatic hydroxyl groups excluding tert-OH is 1. The van der Waals surface area contributed by atoms with Gasteiger partial charge in [0.05, 0.1) is 12.5 Å². The van der Waals surface area contributed by atoms with Crippen LogP contribution in [0.4, 0.5) is 0 Å². The third kappa shape index (κ3) is 2.87. The SMILES string of the molecule is CC1(C)CN(C(=O)Cc2cccs2)CCC1O. The number of hydrogen-bond acceptors (Lipinski definition) is 3. The normalized spacial score (nSPS) is 23.7. The molecule has 1 N–H and O–H groups in total. The van der Waals surface area contributed by atoms with Crippen molar-refractivity contribution >= 4 is 17.2 Å². The van der Waals surface area contributed by atoms with Crippen molar-refractivity contribution in [2.75, 3.05) is 13.1 Å². The van der Waals surface area contributed by atoms with Gasteiger partial charge in [-0.3, -0.25) is 4.79 Å². The number of amides is 1. The summed E-state index contributed by atoms with van der Waals surface area (Å²) in [6, 6.07) is 3.96. The highest BCUT2D eigenvalue weighted by Gasteiger charge is 2.36. The number of hydrogen-bond donors (Lipinski definition) is 1. The summed E-state index contributed by atoms with van der Waals surface area (Å²) in [6.07, 6.45) is 0.876. The predicted molar refractivity (Wildman–Crippen MR) is 69.0 cm³/mol. The van der Waals surface area contributed by atoms with Crippen LogP contribution in [0.1, 0.15) is 25.1 Å². The molecule has 0 aliphatic carbocycles. The molecule has 1 amide bonds. The number of likely N-dealkylation sites (tertiary alicyclic amines) is 1. The fraction of sp³-hybridized carbons (Fsp3) is 0.615. The van der Waals surface area contributed by atoms with Gasteiger partial charge in [0.15, 0.2) is 0 Å². The first kappa shape index (κ1) is 12.6. The number of thiophene rings is 1. The smallest absolute Gasteiger partial charge is 0.227 e. The van der Waals surface area contributed by atoms with Crippen molar-refractivity contribution in [3.05, 3.63) is 22.4 Å². The molecule has 17 heavy (non-hydrogen) atoms. The van der Waals surface area contributed by atoms with Crippen molar-refractivity contribution in [1.82, 2.24) is 4.90 Å². The zero-order chi connectivity index (χ0) is 12.5. The van der Waals surface area contributed by atoms with E-state index in [2.05, 4.69) is 0 Å². The number of aliphatic hydroxyl groups is 1. The molecule has 0 spiro atoms. The van der Waals surface area contributed by atoms with Crippen LogP contribution in [0.15, 0.2) is 17.5 Å². The largest absolute Gasteiger partial charge is 0.392 e. The van der Waals surface area contributed by atoms with Crippen LogP contribution in [0, 0.1) is 5.41 Å². The highest BCUT2D eigenvalue weighted by Crippen LogP contribution is 2.29. The molecule has 2 rings (SSSR count). The third-order valence-corrected chi connectivity index (χ3v) is 4.31. The third-order valence-electron chi connectivity index (χ3n) is 3.43. The first-order valence-corrected chi connectivity index (χ1v) is 6.85. The summed E-state index contributed by atoms with van der Waals surface area (Å²) < 4.78 is 0. The number of carbonyl (C=O) groups is 1. The van der Waals surface area contributed by atoms with Gasteiger partial charge in [0, 0.05) is 23.4 Å². The zero-order valence-electron chi connectivity index (χ0n) is 10.3. The molecular weight excluding hydrogens is 234 g/mol. The quantitative estimate of drug-likeness (QED) is 0.874. The van der Waals surface area contributed by atoms with Gasteiger partial charge in [-0.15, -0.1) is 11.3 Å². The van der Waals surface area contributed by atoms with Crippen molar-refractivity contribution in [2.24, 2.45) is 5.41 Å². The molecule has 1 aromatic heterocycles. The van der Waals surface area contributed by atoms with E-state index in [1.807, 2.05) is 36.3 Å². The van der Waals surface area contributed by atoms with Crippen molar-refractivity contribution in [1.29, 1.82) is 0 Å². The van der Waals surface area contributed by atoms with Crippen LogP contribution in [0.25, 0.3) is 0 Å². The van der Waals surface area contributed by atoms with Crippen molar-refractivity contribution in [3.63, 3.8) is 0 Å². The maximum atomic E-state index is 12.1. The van der Waals surface area contributed by atoms with Gasteiger partial charge in [-0.1, -0.05) is 19.9 Å². The van der Waals surface area contributed by atoms with Gasteiger partial charge in [0.2, 0.25) is 5.91 Å². The maximum Gasteiger partial charge on any atom is 0.227 e. The summed E-state index contributed by atoms with van der Waals surface area (Å²) in [6.45, 7) is 5.36.